The van der Waals surface area contributed by atoms with Gasteiger partial charge in [0.2, 0.25) is 0 Å². The van der Waals surface area contributed by atoms with Gasteiger partial charge < -0.3 is 4.57 Å². The van der Waals surface area contributed by atoms with E-state index in [4.69, 9.17) is 0 Å². The summed E-state index contributed by atoms with van der Waals surface area (Å²) in [6, 6.07) is 13.2. The van der Waals surface area contributed by atoms with E-state index in [1.807, 2.05) is 0 Å². The molecule has 0 aliphatic rings. The Morgan fingerprint density at radius 3 is 1.91 bits per heavy atom. The molecule has 2 aromatic carbocycles. The summed E-state index contributed by atoms with van der Waals surface area (Å²) in [6.45, 7) is 5.70. The summed E-state index contributed by atoms with van der Waals surface area (Å²) in [4.78, 5) is 0. The Morgan fingerprint density at radius 2 is 1.39 bits per heavy atom. The van der Waals surface area contributed by atoms with Crippen molar-refractivity contribution in [3.8, 4) is 0 Å². The summed E-state index contributed by atoms with van der Waals surface area (Å²) < 4.78 is 4.77. The van der Waals surface area contributed by atoms with Crippen molar-refractivity contribution in [2.75, 3.05) is 0 Å². The zero-order valence-electron chi connectivity index (χ0n) is 13.8. The molecule has 1 heterocycles. The van der Waals surface area contributed by atoms with Crippen molar-refractivity contribution in [1.29, 1.82) is 0 Å². The Morgan fingerprint density at radius 1 is 0.826 bits per heavy atom. The fourth-order valence-corrected chi connectivity index (χ4v) is 3.98. The van der Waals surface area contributed by atoms with Gasteiger partial charge in [0.05, 0.1) is 11.0 Å². The van der Waals surface area contributed by atoms with Crippen molar-refractivity contribution >= 4 is 53.7 Å². The standard InChI is InChI=1S/C20H23Br2N/c1-14(2)6-4-3-5-11-23-19-12-15(21)7-9-17(19)18-10-8-16(22)13-20(18)23/h7-10,12-14H,3-6,11H2,1-2H3. The monoisotopic (exact) mass is 435 g/mol. The van der Waals surface area contributed by atoms with E-state index in [1.54, 1.807) is 0 Å². The molecule has 0 aliphatic carbocycles. The first-order valence-electron chi connectivity index (χ1n) is 8.43. The lowest BCUT2D eigenvalue weighted by Crippen LogP contribution is -1.98. The predicted octanol–water partition coefficient (Wildman–Crippen LogP) is 7.54. The molecule has 0 N–H and O–H groups in total. The van der Waals surface area contributed by atoms with Gasteiger partial charge >= 0.3 is 0 Å². The van der Waals surface area contributed by atoms with Gasteiger partial charge in [-0.1, -0.05) is 77.1 Å². The average Bonchev–Trinajstić information content (AvgIpc) is 2.79. The van der Waals surface area contributed by atoms with Crippen molar-refractivity contribution in [2.24, 2.45) is 5.92 Å². The van der Waals surface area contributed by atoms with E-state index in [0.717, 1.165) is 21.4 Å². The average molecular weight is 437 g/mol. The lowest BCUT2D eigenvalue weighted by atomic mass is 10.1. The molecular formula is C20H23Br2N. The molecule has 0 unspecified atom stereocenters. The second-order valence-corrected chi connectivity index (χ2v) is 8.55. The van der Waals surface area contributed by atoms with Crippen molar-refractivity contribution in [1.82, 2.24) is 4.57 Å². The van der Waals surface area contributed by atoms with Crippen molar-refractivity contribution in [3.05, 3.63) is 45.3 Å². The number of hydrogen-bond donors (Lipinski definition) is 0. The SMILES string of the molecule is CC(C)CCCCCn1c2cc(Br)ccc2c2ccc(Br)cc21. The third-order valence-electron chi connectivity index (χ3n) is 4.45. The van der Waals surface area contributed by atoms with Crippen LogP contribution in [0.2, 0.25) is 0 Å². The number of nitrogens with zero attached hydrogens (tertiary/aromatic N) is 1. The lowest BCUT2D eigenvalue weighted by Gasteiger charge is -2.09. The molecule has 0 amide bonds. The minimum atomic E-state index is 0.815. The first kappa shape index (κ1) is 17.0. The van der Waals surface area contributed by atoms with Gasteiger partial charge in [-0.15, -0.1) is 0 Å². The molecule has 0 radical (unpaired) electrons. The molecule has 1 aromatic heterocycles. The summed E-state index contributed by atoms with van der Waals surface area (Å²) in [7, 11) is 0. The molecule has 0 atom stereocenters. The molecule has 0 bridgehead atoms. The maximum atomic E-state index is 3.62. The van der Waals surface area contributed by atoms with Gasteiger partial charge in [-0.3, -0.25) is 0 Å². The second kappa shape index (κ2) is 7.40. The van der Waals surface area contributed by atoms with Crippen LogP contribution < -0.4 is 0 Å². The van der Waals surface area contributed by atoms with Crippen LogP contribution in [0.25, 0.3) is 21.8 Å². The molecule has 3 aromatic rings. The zero-order valence-corrected chi connectivity index (χ0v) is 17.0. The molecule has 0 spiro atoms. The Hall–Kier alpha value is -0.800. The number of aryl methyl sites for hydroxylation is 1. The third-order valence-corrected chi connectivity index (χ3v) is 5.44. The second-order valence-electron chi connectivity index (χ2n) is 6.72. The van der Waals surface area contributed by atoms with Crippen molar-refractivity contribution < 1.29 is 0 Å². The van der Waals surface area contributed by atoms with E-state index in [9.17, 15) is 0 Å². The van der Waals surface area contributed by atoms with Crippen LogP contribution in [0.4, 0.5) is 0 Å². The fourth-order valence-electron chi connectivity index (χ4n) is 3.28. The van der Waals surface area contributed by atoms with Crippen LogP contribution in [-0.2, 0) is 6.54 Å². The van der Waals surface area contributed by atoms with E-state index >= 15 is 0 Å². The normalized spacial score (nSPS) is 11.9. The van der Waals surface area contributed by atoms with Gasteiger partial charge in [-0.2, -0.15) is 0 Å². The van der Waals surface area contributed by atoms with Gasteiger partial charge in [0.1, 0.15) is 0 Å². The lowest BCUT2D eigenvalue weighted by molar-refractivity contribution is 0.512. The number of aromatic nitrogens is 1. The molecule has 3 rings (SSSR count). The van der Waals surface area contributed by atoms with E-state index in [1.165, 1.54) is 47.5 Å². The molecule has 0 fully saturated rings. The van der Waals surface area contributed by atoms with Crippen LogP contribution in [0.15, 0.2) is 45.3 Å². The minimum Gasteiger partial charge on any atom is -0.340 e. The van der Waals surface area contributed by atoms with Gasteiger partial charge in [0, 0.05) is 26.3 Å². The number of hydrogen-bond acceptors (Lipinski definition) is 0. The summed E-state index contributed by atoms with van der Waals surface area (Å²) in [5.74, 6) is 0.815. The predicted molar refractivity (Wildman–Crippen MR) is 108 cm³/mol. The van der Waals surface area contributed by atoms with Gasteiger partial charge in [0.15, 0.2) is 0 Å². The van der Waals surface area contributed by atoms with E-state index in [0.29, 0.717) is 0 Å². The molecule has 1 nitrogen and oxygen atoms in total. The summed E-state index contributed by atoms with van der Waals surface area (Å²) in [5.41, 5.74) is 2.66. The summed E-state index contributed by atoms with van der Waals surface area (Å²) in [6.07, 6.45) is 5.22. The maximum absolute atomic E-state index is 3.62. The van der Waals surface area contributed by atoms with E-state index in [2.05, 4.69) is 86.7 Å². The maximum Gasteiger partial charge on any atom is 0.0502 e. The van der Waals surface area contributed by atoms with Crippen LogP contribution in [0.5, 0.6) is 0 Å². The number of fused-ring (bicyclic) bond motifs is 3. The number of halogens is 2. The van der Waals surface area contributed by atoms with Crippen molar-refractivity contribution in [2.45, 2.75) is 46.1 Å². The summed E-state index contributed by atoms with van der Waals surface area (Å²) in [5, 5.41) is 2.69. The molecule has 23 heavy (non-hydrogen) atoms. The fraction of sp³-hybridized carbons (Fsp3) is 0.400. The van der Waals surface area contributed by atoms with Crippen LogP contribution in [0.1, 0.15) is 39.5 Å². The van der Waals surface area contributed by atoms with Crippen LogP contribution in [0.3, 0.4) is 0 Å². The van der Waals surface area contributed by atoms with Gasteiger partial charge in [-0.25, -0.2) is 0 Å². The van der Waals surface area contributed by atoms with Crippen molar-refractivity contribution in [3.63, 3.8) is 0 Å². The highest BCUT2D eigenvalue weighted by Crippen LogP contribution is 2.33. The highest BCUT2D eigenvalue weighted by atomic mass is 79.9. The quantitative estimate of drug-likeness (QED) is 0.351. The van der Waals surface area contributed by atoms with Crippen LogP contribution in [-0.4, -0.2) is 4.57 Å². The van der Waals surface area contributed by atoms with Gasteiger partial charge in [-0.05, 0) is 36.6 Å². The number of rotatable bonds is 6. The summed E-state index contributed by atoms with van der Waals surface area (Å²) >= 11 is 7.25. The molecule has 0 saturated heterocycles. The Labute approximate surface area is 155 Å². The number of unbranched alkanes of at least 4 members (excludes halogenated alkanes) is 2. The first-order valence-corrected chi connectivity index (χ1v) is 10.0. The third kappa shape index (κ3) is 3.83. The highest BCUT2D eigenvalue weighted by Gasteiger charge is 2.11. The largest absolute Gasteiger partial charge is 0.340 e. The Kier molecular flexibility index (Phi) is 5.48. The number of benzene rings is 2. The molecule has 0 aliphatic heterocycles. The topological polar surface area (TPSA) is 4.93 Å². The van der Waals surface area contributed by atoms with Gasteiger partial charge in [0.25, 0.3) is 0 Å². The van der Waals surface area contributed by atoms with Crippen LogP contribution in [0, 0.1) is 5.92 Å². The molecule has 0 saturated carbocycles. The Bertz CT molecular complexity index is 758. The molecular weight excluding hydrogens is 414 g/mol. The molecule has 122 valence electrons. The van der Waals surface area contributed by atoms with Crippen LogP contribution >= 0.6 is 31.9 Å². The smallest absolute Gasteiger partial charge is 0.0502 e. The van der Waals surface area contributed by atoms with E-state index < -0.39 is 0 Å². The minimum absolute atomic E-state index is 0.815. The Balaban J connectivity index is 1.92. The first-order chi connectivity index (χ1) is 11.1. The van der Waals surface area contributed by atoms with E-state index in [-0.39, 0.29) is 0 Å². The molecule has 3 heteroatoms. The highest BCUT2D eigenvalue weighted by molar-refractivity contribution is 9.10. The zero-order chi connectivity index (χ0) is 16.4.